The largest absolute Gasteiger partial charge is 0.391 e. The van der Waals surface area contributed by atoms with Crippen LogP contribution >= 0.6 is 0 Å². The van der Waals surface area contributed by atoms with Crippen LogP contribution in [0.25, 0.3) is 0 Å². The van der Waals surface area contributed by atoms with Gasteiger partial charge in [-0.3, -0.25) is 0 Å². The van der Waals surface area contributed by atoms with Gasteiger partial charge >= 0.3 is 0 Å². The molecule has 0 bridgehead atoms. The van der Waals surface area contributed by atoms with E-state index in [1.54, 1.807) is 0 Å². The molecule has 6 rings (SSSR count). The fourth-order valence-corrected chi connectivity index (χ4v) is 16.4. The molecule has 0 saturated heterocycles. The molecule has 0 aliphatic rings. The van der Waals surface area contributed by atoms with Crippen LogP contribution in [0.3, 0.4) is 0 Å². The molecule has 224 valence electrons. The molecule has 45 heavy (non-hydrogen) atoms. The topological polar surface area (TPSA) is 29.5 Å². The maximum absolute atomic E-state index is 11.8. The second-order valence-electron chi connectivity index (χ2n) is 11.7. The number of ether oxygens (including phenoxy) is 1. The molecule has 0 amide bonds. The van der Waals surface area contributed by atoms with Gasteiger partial charge in [-0.15, -0.1) is 0 Å². The average molecular weight is 621 g/mol. The lowest BCUT2D eigenvalue weighted by Crippen LogP contribution is -2.68. The van der Waals surface area contributed by atoms with Crippen molar-refractivity contribution in [2.75, 3.05) is 13.2 Å². The molecule has 1 N–H and O–H groups in total. The first-order valence-electron chi connectivity index (χ1n) is 15.8. The zero-order valence-corrected chi connectivity index (χ0v) is 27.6. The fraction of sp³-hybridized carbons (Fsp3) is 0.122. The monoisotopic (exact) mass is 620 g/mol. The van der Waals surface area contributed by atoms with Crippen molar-refractivity contribution >= 4 is 47.3 Å². The zero-order chi connectivity index (χ0) is 30.8. The van der Waals surface area contributed by atoms with Crippen LogP contribution in [0.1, 0.15) is 0 Å². The number of rotatable bonds is 13. The molecule has 2 nitrogen and oxygen atoms in total. The minimum absolute atomic E-state index is 0.296. The molecular weight excluding hydrogens is 581 g/mol. The highest BCUT2D eigenvalue weighted by Gasteiger charge is 2.42. The Morgan fingerprint density at radius 2 is 0.667 bits per heavy atom. The Morgan fingerprint density at radius 3 is 0.956 bits per heavy atom. The molecule has 0 unspecified atom stereocenters. The summed E-state index contributed by atoms with van der Waals surface area (Å²) in [7, 11) is -4.96. The first-order chi connectivity index (χ1) is 22.2. The Balaban J connectivity index is 1.29. The quantitative estimate of drug-likeness (QED) is 0.115. The van der Waals surface area contributed by atoms with Gasteiger partial charge in [0.05, 0.1) is 12.7 Å². The fourth-order valence-electron chi connectivity index (χ4n) is 6.98. The highest BCUT2D eigenvalue weighted by molar-refractivity contribution is 7.12. The third-order valence-electron chi connectivity index (χ3n) is 9.07. The van der Waals surface area contributed by atoms with Gasteiger partial charge < -0.3 is 9.84 Å². The summed E-state index contributed by atoms with van der Waals surface area (Å²) in [4.78, 5) is 0. The third kappa shape index (κ3) is 6.56. The van der Waals surface area contributed by atoms with E-state index in [4.69, 9.17) is 4.74 Å². The molecule has 0 saturated carbocycles. The Hall–Kier alpha value is -4.33. The number of aliphatic hydroxyl groups is 1. The van der Waals surface area contributed by atoms with Gasteiger partial charge in [0.2, 0.25) is 0 Å². The average Bonchev–Trinajstić information content (AvgIpc) is 3.13. The van der Waals surface area contributed by atoms with E-state index in [1.165, 1.54) is 31.1 Å². The second kappa shape index (κ2) is 14.6. The van der Waals surface area contributed by atoms with E-state index >= 15 is 0 Å². The highest BCUT2D eigenvalue weighted by atomic mass is 28.3. The van der Waals surface area contributed by atoms with Crippen molar-refractivity contribution in [2.45, 2.75) is 18.2 Å². The number of benzene rings is 6. The summed E-state index contributed by atoms with van der Waals surface area (Å²) in [5.41, 5.74) is 0. The summed E-state index contributed by atoms with van der Waals surface area (Å²) in [5.74, 6) is 0. The van der Waals surface area contributed by atoms with Gasteiger partial charge in [0.25, 0.3) is 0 Å². The third-order valence-corrected chi connectivity index (χ3v) is 19.0. The number of hydrogen-bond acceptors (Lipinski definition) is 2. The van der Waals surface area contributed by atoms with E-state index in [-0.39, 0.29) is 0 Å². The summed E-state index contributed by atoms with van der Waals surface area (Å²) in [6.45, 7) is 0.864. The molecule has 1 atom stereocenters. The molecule has 0 spiro atoms. The van der Waals surface area contributed by atoms with Crippen LogP contribution in [-0.4, -0.2) is 40.6 Å². The number of aliphatic hydroxyl groups excluding tert-OH is 1. The summed E-state index contributed by atoms with van der Waals surface area (Å²) >= 11 is 0. The zero-order valence-electron chi connectivity index (χ0n) is 25.6. The smallest absolute Gasteiger partial charge is 0.150 e. The lowest BCUT2D eigenvalue weighted by Gasteiger charge is -2.36. The van der Waals surface area contributed by atoms with E-state index in [0.717, 1.165) is 6.04 Å². The first-order valence-corrected chi connectivity index (χ1v) is 20.2. The molecule has 6 aromatic rings. The van der Waals surface area contributed by atoms with Crippen LogP contribution in [-0.2, 0) is 4.74 Å². The summed E-state index contributed by atoms with van der Waals surface area (Å²) in [6.07, 6.45) is -0.612. The predicted octanol–water partition coefficient (Wildman–Crippen LogP) is 4.70. The molecular formula is C41H40O2Si2. The van der Waals surface area contributed by atoms with Crippen molar-refractivity contribution in [3.63, 3.8) is 0 Å². The van der Waals surface area contributed by atoms with Crippen molar-refractivity contribution in [1.29, 1.82) is 0 Å². The van der Waals surface area contributed by atoms with Crippen molar-refractivity contribution in [3.8, 4) is 0 Å². The molecule has 6 aromatic carbocycles. The summed E-state index contributed by atoms with van der Waals surface area (Å²) < 4.78 is 6.48. The van der Waals surface area contributed by atoms with E-state index < -0.39 is 22.3 Å². The Bertz CT molecular complexity index is 1520. The van der Waals surface area contributed by atoms with Crippen molar-refractivity contribution < 1.29 is 9.84 Å². The van der Waals surface area contributed by atoms with Crippen LogP contribution < -0.4 is 31.1 Å². The van der Waals surface area contributed by atoms with Crippen molar-refractivity contribution in [2.24, 2.45) is 0 Å². The molecule has 0 radical (unpaired) electrons. The van der Waals surface area contributed by atoms with Gasteiger partial charge in [0.15, 0.2) is 16.1 Å². The van der Waals surface area contributed by atoms with Crippen LogP contribution in [0.2, 0.25) is 12.1 Å². The van der Waals surface area contributed by atoms with E-state index in [1.807, 2.05) is 0 Å². The summed E-state index contributed by atoms with van der Waals surface area (Å²) in [6, 6.07) is 66.7. The van der Waals surface area contributed by atoms with Crippen LogP contribution in [0.4, 0.5) is 0 Å². The molecule has 0 heterocycles. The van der Waals surface area contributed by atoms with Crippen molar-refractivity contribution in [3.05, 3.63) is 182 Å². The van der Waals surface area contributed by atoms with Crippen LogP contribution in [0.15, 0.2) is 182 Å². The second-order valence-corrected chi connectivity index (χ2v) is 19.7. The van der Waals surface area contributed by atoms with Crippen molar-refractivity contribution in [1.82, 2.24) is 0 Å². The SMILES string of the molecule is O[C@H](COCC[Si](c1ccccc1)(c1ccccc1)c1ccccc1)C[Si](c1ccccc1)(c1ccccc1)c1ccccc1. The van der Waals surface area contributed by atoms with E-state index in [9.17, 15) is 5.11 Å². The van der Waals surface area contributed by atoms with Gasteiger partial charge in [-0.1, -0.05) is 182 Å². The van der Waals surface area contributed by atoms with E-state index in [0.29, 0.717) is 19.3 Å². The summed E-state index contributed by atoms with van der Waals surface area (Å²) in [5, 5.41) is 19.8. The predicted molar refractivity (Wildman–Crippen MR) is 194 cm³/mol. The Labute approximate surface area is 269 Å². The van der Waals surface area contributed by atoms with Gasteiger partial charge in [-0.2, -0.15) is 0 Å². The molecule has 0 fully saturated rings. The van der Waals surface area contributed by atoms with Gasteiger partial charge in [-0.25, -0.2) is 0 Å². The maximum atomic E-state index is 11.8. The molecule has 0 aliphatic heterocycles. The van der Waals surface area contributed by atoms with Gasteiger partial charge in [0.1, 0.15) is 0 Å². The number of hydrogen-bond donors (Lipinski definition) is 1. The Morgan fingerprint density at radius 1 is 0.400 bits per heavy atom. The minimum Gasteiger partial charge on any atom is -0.391 e. The van der Waals surface area contributed by atoms with Crippen LogP contribution in [0, 0.1) is 0 Å². The standard InChI is InChI=1S/C41H40O2Si2/c42-35(34-45(39-25-13-4-14-26-39,40-27-15-5-16-28-40)41-29-17-6-18-30-41)33-43-31-32-44(36-19-7-1-8-20-36,37-21-9-2-10-22-37)38-23-11-3-12-24-38/h1-30,35,42H,31-34H2/t35-/m1/s1. The molecule has 4 heteroatoms. The van der Waals surface area contributed by atoms with E-state index in [2.05, 4.69) is 182 Å². The lowest BCUT2D eigenvalue weighted by atomic mass is 10.3. The van der Waals surface area contributed by atoms with Gasteiger partial charge in [0, 0.05) is 6.61 Å². The Kier molecular flexibility index (Phi) is 9.98. The minimum atomic E-state index is -2.56. The van der Waals surface area contributed by atoms with Crippen LogP contribution in [0.5, 0.6) is 0 Å². The van der Waals surface area contributed by atoms with Gasteiger partial charge in [-0.05, 0) is 43.2 Å². The highest BCUT2D eigenvalue weighted by Crippen LogP contribution is 2.18. The first kappa shape index (κ1) is 30.7. The normalized spacial score (nSPS) is 12.5. The lowest BCUT2D eigenvalue weighted by molar-refractivity contribution is 0.0521. The maximum Gasteiger partial charge on any atom is 0.150 e. The molecule has 0 aromatic heterocycles. The molecule has 0 aliphatic carbocycles.